The van der Waals surface area contributed by atoms with Crippen LogP contribution >= 0.6 is 0 Å². The van der Waals surface area contributed by atoms with E-state index in [9.17, 15) is 14.4 Å². The number of aryl methyl sites for hydroxylation is 1. The van der Waals surface area contributed by atoms with Gasteiger partial charge in [-0.15, -0.1) is 0 Å². The van der Waals surface area contributed by atoms with Gasteiger partial charge in [-0.25, -0.2) is 4.79 Å². The van der Waals surface area contributed by atoms with Crippen LogP contribution in [0.25, 0.3) is 0 Å². The predicted molar refractivity (Wildman–Crippen MR) is 85.4 cm³/mol. The van der Waals surface area contributed by atoms with Crippen molar-refractivity contribution in [2.24, 2.45) is 0 Å². The summed E-state index contributed by atoms with van der Waals surface area (Å²) in [5, 5.41) is 2.64. The highest BCUT2D eigenvalue weighted by molar-refractivity contribution is 5.75. The number of amides is 3. The SMILES string of the molecule is COC(=O)CCN(C)C(=O)NCN(C=O)Cc1ccc(C)cc1. The van der Waals surface area contributed by atoms with Crippen LogP contribution < -0.4 is 5.32 Å². The van der Waals surface area contributed by atoms with E-state index in [1.54, 1.807) is 7.05 Å². The van der Waals surface area contributed by atoms with E-state index in [1.165, 1.54) is 16.9 Å². The van der Waals surface area contributed by atoms with E-state index >= 15 is 0 Å². The van der Waals surface area contributed by atoms with Crippen LogP contribution in [0.4, 0.5) is 4.79 Å². The van der Waals surface area contributed by atoms with Gasteiger partial charge in [-0.1, -0.05) is 29.8 Å². The van der Waals surface area contributed by atoms with E-state index in [4.69, 9.17) is 0 Å². The highest BCUT2D eigenvalue weighted by Gasteiger charge is 2.12. The maximum absolute atomic E-state index is 11.9. The number of hydrogen-bond donors (Lipinski definition) is 1. The molecule has 0 aromatic heterocycles. The summed E-state index contributed by atoms with van der Waals surface area (Å²) >= 11 is 0. The van der Waals surface area contributed by atoms with Gasteiger partial charge in [0.05, 0.1) is 20.2 Å². The predicted octanol–water partition coefficient (Wildman–Crippen LogP) is 1.12. The van der Waals surface area contributed by atoms with Crippen molar-refractivity contribution in [1.29, 1.82) is 0 Å². The fraction of sp³-hybridized carbons (Fsp3) is 0.438. The first-order valence-electron chi connectivity index (χ1n) is 7.27. The zero-order valence-electron chi connectivity index (χ0n) is 13.7. The highest BCUT2D eigenvalue weighted by atomic mass is 16.5. The minimum atomic E-state index is -0.376. The molecule has 0 heterocycles. The van der Waals surface area contributed by atoms with Crippen molar-refractivity contribution in [3.8, 4) is 0 Å². The number of urea groups is 1. The van der Waals surface area contributed by atoms with Crippen LogP contribution in [0.3, 0.4) is 0 Å². The third-order valence-corrected chi connectivity index (χ3v) is 3.31. The summed E-state index contributed by atoms with van der Waals surface area (Å²) in [7, 11) is 2.87. The molecule has 1 aromatic rings. The average molecular weight is 321 g/mol. The lowest BCUT2D eigenvalue weighted by molar-refractivity contribution is -0.140. The Bertz CT molecular complexity index is 531. The van der Waals surface area contributed by atoms with Gasteiger partial charge in [-0.3, -0.25) is 9.59 Å². The number of benzene rings is 1. The third-order valence-electron chi connectivity index (χ3n) is 3.31. The van der Waals surface area contributed by atoms with E-state index in [-0.39, 0.29) is 31.6 Å². The molecule has 23 heavy (non-hydrogen) atoms. The fourth-order valence-corrected chi connectivity index (χ4v) is 1.83. The molecule has 0 saturated carbocycles. The lowest BCUT2D eigenvalue weighted by Gasteiger charge is -2.22. The number of carbonyl (C=O) groups is 3. The third kappa shape index (κ3) is 6.82. The van der Waals surface area contributed by atoms with Crippen molar-refractivity contribution in [1.82, 2.24) is 15.1 Å². The van der Waals surface area contributed by atoms with Crippen molar-refractivity contribution < 1.29 is 19.1 Å². The molecule has 3 amide bonds. The standard InChI is InChI=1S/C16H23N3O4/c1-13-4-6-14(7-5-13)10-19(12-20)11-17-16(22)18(2)9-8-15(21)23-3/h4-7,12H,8-11H2,1-3H3,(H,17,22). The maximum Gasteiger partial charge on any atom is 0.318 e. The second-order valence-corrected chi connectivity index (χ2v) is 5.23. The molecule has 0 spiro atoms. The molecule has 0 aliphatic heterocycles. The first kappa shape index (κ1) is 18.5. The fourth-order valence-electron chi connectivity index (χ4n) is 1.83. The van der Waals surface area contributed by atoms with Gasteiger partial charge in [0.15, 0.2) is 0 Å². The van der Waals surface area contributed by atoms with Gasteiger partial charge in [0, 0.05) is 20.1 Å². The molecular weight excluding hydrogens is 298 g/mol. The smallest absolute Gasteiger partial charge is 0.318 e. The normalized spacial score (nSPS) is 9.87. The highest BCUT2D eigenvalue weighted by Crippen LogP contribution is 2.05. The molecule has 0 radical (unpaired) electrons. The van der Waals surface area contributed by atoms with Crippen molar-refractivity contribution in [3.63, 3.8) is 0 Å². The van der Waals surface area contributed by atoms with E-state index < -0.39 is 0 Å². The number of methoxy groups -OCH3 is 1. The van der Waals surface area contributed by atoms with E-state index in [2.05, 4.69) is 10.1 Å². The number of ether oxygens (including phenoxy) is 1. The number of nitrogens with zero attached hydrogens (tertiary/aromatic N) is 2. The number of rotatable bonds is 8. The molecule has 7 nitrogen and oxygen atoms in total. The molecule has 1 N–H and O–H groups in total. The van der Waals surface area contributed by atoms with Gasteiger partial charge in [0.2, 0.25) is 6.41 Å². The molecule has 126 valence electrons. The van der Waals surface area contributed by atoms with Crippen LogP contribution in [-0.4, -0.2) is 55.6 Å². The quantitative estimate of drug-likeness (QED) is 0.442. The lowest BCUT2D eigenvalue weighted by Crippen LogP contribution is -2.43. The summed E-state index contributed by atoms with van der Waals surface area (Å²) in [5.41, 5.74) is 2.13. The van der Waals surface area contributed by atoms with Gasteiger partial charge in [0.25, 0.3) is 0 Å². The zero-order valence-corrected chi connectivity index (χ0v) is 13.7. The monoisotopic (exact) mass is 321 g/mol. The molecule has 0 aliphatic rings. The Morgan fingerprint density at radius 1 is 1.26 bits per heavy atom. The Morgan fingerprint density at radius 2 is 1.91 bits per heavy atom. The molecule has 0 fully saturated rings. The Morgan fingerprint density at radius 3 is 2.48 bits per heavy atom. The number of hydrogen-bond acceptors (Lipinski definition) is 4. The lowest BCUT2D eigenvalue weighted by atomic mass is 10.1. The largest absolute Gasteiger partial charge is 0.469 e. The van der Waals surface area contributed by atoms with E-state index in [0.717, 1.165) is 11.1 Å². The molecule has 0 bridgehead atoms. The molecule has 1 rings (SSSR count). The van der Waals surface area contributed by atoms with Gasteiger partial charge in [-0.05, 0) is 12.5 Å². The first-order chi connectivity index (χ1) is 11.0. The molecule has 0 unspecified atom stereocenters. The van der Waals surface area contributed by atoms with Crippen molar-refractivity contribution >= 4 is 18.4 Å². The van der Waals surface area contributed by atoms with Crippen LogP contribution in [0.5, 0.6) is 0 Å². The molecule has 0 saturated heterocycles. The average Bonchev–Trinajstić information content (AvgIpc) is 2.57. The van der Waals surface area contributed by atoms with Crippen molar-refractivity contribution in [2.75, 3.05) is 27.4 Å². The second kappa shape index (κ2) is 9.45. The summed E-state index contributed by atoms with van der Waals surface area (Å²) in [5.74, 6) is -0.376. The number of esters is 1. The Balaban J connectivity index is 2.40. The summed E-state index contributed by atoms with van der Waals surface area (Å²) in [6, 6.07) is 7.46. The van der Waals surface area contributed by atoms with Gasteiger partial charge < -0.3 is 19.9 Å². The van der Waals surface area contributed by atoms with Gasteiger partial charge in [0.1, 0.15) is 0 Å². The molecule has 0 aliphatic carbocycles. The van der Waals surface area contributed by atoms with E-state index in [0.29, 0.717) is 13.0 Å². The molecular formula is C16H23N3O4. The summed E-state index contributed by atoms with van der Waals surface area (Å²) in [6.07, 6.45) is 0.815. The van der Waals surface area contributed by atoms with Crippen LogP contribution in [0.1, 0.15) is 17.5 Å². The topological polar surface area (TPSA) is 79.0 Å². The molecule has 7 heteroatoms. The van der Waals surface area contributed by atoms with E-state index in [1.807, 2.05) is 31.2 Å². The number of carbonyl (C=O) groups excluding carboxylic acids is 3. The summed E-state index contributed by atoms with van der Waals surface area (Å²) in [4.78, 5) is 36.9. The molecule has 0 atom stereocenters. The zero-order chi connectivity index (χ0) is 17.2. The Labute approximate surface area is 136 Å². The Kier molecular flexibility index (Phi) is 7.59. The number of nitrogens with one attached hydrogen (secondary N) is 1. The van der Waals surface area contributed by atoms with Crippen LogP contribution in [0.15, 0.2) is 24.3 Å². The summed E-state index contributed by atoms with van der Waals surface area (Å²) < 4.78 is 4.52. The Hall–Kier alpha value is -2.57. The van der Waals surface area contributed by atoms with Crippen LogP contribution in [0, 0.1) is 6.92 Å². The van der Waals surface area contributed by atoms with Crippen molar-refractivity contribution in [3.05, 3.63) is 35.4 Å². The van der Waals surface area contributed by atoms with Crippen LogP contribution in [0.2, 0.25) is 0 Å². The van der Waals surface area contributed by atoms with Gasteiger partial charge >= 0.3 is 12.0 Å². The van der Waals surface area contributed by atoms with Gasteiger partial charge in [-0.2, -0.15) is 0 Å². The minimum absolute atomic E-state index is 0.0960. The summed E-state index contributed by atoms with van der Waals surface area (Å²) in [6.45, 7) is 2.75. The second-order valence-electron chi connectivity index (χ2n) is 5.23. The molecule has 1 aromatic carbocycles. The minimum Gasteiger partial charge on any atom is -0.469 e. The maximum atomic E-state index is 11.9. The van der Waals surface area contributed by atoms with Crippen molar-refractivity contribution in [2.45, 2.75) is 19.9 Å². The van der Waals surface area contributed by atoms with Crippen LogP contribution in [-0.2, 0) is 20.9 Å². The first-order valence-corrected chi connectivity index (χ1v) is 7.27.